The van der Waals surface area contributed by atoms with E-state index in [0.717, 1.165) is 29.3 Å². The van der Waals surface area contributed by atoms with Crippen LogP contribution in [0.25, 0.3) is 0 Å². The van der Waals surface area contributed by atoms with Crippen molar-refractivity contribution < 1.29 is 0 Å². The Labute approximate surface area is 107 Å². The van der Waals surface area contributed by atoms with Gasteiger partial charge in [0.05, 0.1) is 0 Å². The predicted molar refractivity (Wildman–Crippen MR) is 73.7 cm³/mol. The first-order chi connectivity index (χ1) is 8.05. The lowest BCUT2D eigenvalue weighted by atomic mass is 10.1. The first kappa shape index (κ1) is 12.5. The minimum Gasteiger partial charge on any atom is -0.373 e. The Balaban J connectivity index is 2.00. The average Bonchev–Trinajstić information content (AvgIpc) is 2.94. The van der Waals surface area contributed by atoms with E-state index in [9.17, 15) is 0 Å². The molecule has 0 aliphatic heterocycles. The lowest BCUT2D eigenvalue weighted by Gasteiger charge is -2.09. The van der Waals surface area contributed by atoms with Crippen molar-refractivity contribution in [2.24, 2.45) is 11.3 Å². The van der Waals surface area contributed by atoms with Gasteiger partial charge in [-0.1, -0.05) is 25.6 Å². The zero-order chi connectivity index (χ0) is 12.5. The molecule has 0 saturated heterocycles. The standard InChI is InChI=1S/C12H20N4S/c1-12(2)6-8(12)7-14-10-5-9(13-3)15-11(16-10)17-4/h5,8H,6-7H2,1-4H3,(H2,13,14,15,16). The van der Waals surface area contributed by atoms with Gasteiger partial charge in [-0.2, -0.15) is 0 Å². The molecule has 4 nitrogen and oxygen atoms in total. The lowest BCUT2D eigenvalue weighted by Crippen LogP contribution is -2.09. The Morgan fingerprint density at radius 3 is 2.59 bits per heavy atom. The van der Waals surface area contributed by atoms with Crippen LogP contribution in [0.1, 0.15) is 20.3 Å². The third-order valence-corrected chi connectivity index (χ3v) is 3.94. The van der Waals surface area contributed by atoms with Crippen LogP contribution in [0.4, 0.5) is 11.6 Å². The van der Waals surface area contributed by atoms with Gasteiger partial charge in [0.2, 0.25) is 0 Å². The summed E-state index contributed by atoms with van der Waals surface area (Å²) in [5, 5.41) is 7.26. The molecular formula is C12H20N4S. The highest BCUT2D eigenvalue weighted by atomic mass is 32.2. The second kappa shape index (κ2) is 4.72. The van der Waals surface area contributed by atoms with Gasteiger partial charge in [-0.15, -0.1) is 0 Å². The van der Waals surface area contributed by atoms with Crippen molar-refractivity contribution >= 4 is 23.4 Å². The van der Waals surface area contributed by atoms with Crippen molar-refractivity contribution in [1.29, 1.82) is 0 Å². The van der Waals surface area contributed by atoms with E-state index < -0.39 is 0 Å². The monoisotopic (exact) mass is 252 g/mol. The van der Waals surface area contributed by atoms with Crippen LogP contribution in [0, 0.1) is 11.3 Å². The molecular weight excluding hydrogens is 232 g/mol. The summed E-state index contributed by atoms with van der Waals surface area (Å²) in [6.07, 6.45) is 3.29. The van der Waals surface area contributed by atoms with Crippen molar-refractivity contribution in [1.82, 2.24) is 9.97 Å². The van der Waals surface area contributed by atoms with Crippen LogP contribution in [-0.4, -0.2) is 29.8 Å². The molecule has 1 aromatic rings. The number of nitrogens with zero attached hydrogens (tertiary/aromatic N) is 2. The minimum absolute atomic E-state index is 0.508. The fourth-order valence-corrected chi connectivity index (χ4v) is 2.27. The van der Waals surface area contributed by atoms with Crippen LogP contribution in [0.3, 0.4) is 0 Å². The second-order valence-corrected chi connectivity index (χ2v) is 5.92. The number of rotatable bonds is 5. The molecule has 0 bridgehead atoms. The number of aromatic nitrogens is 2. The highest BCUT2D eigenvalue weighted by molar-refractivity contribution is 7.98. The third-order valence-electron chi connectivity index (χ3n) is 3.39. The molecule has 2 rings (SSSR count). The second-order valence-electron chi connectivity index (χ2n) is 5.15. The Kier molecular flexibility index (Phi) is 3.47. The first-order valence-electron chi connectivity index (χ1n) is 5.90. The topological polar surface area (TPSA) is 49.8 Å². The van der Waals surface area contributed by atoms with E-state index in [1.54, 1.807) is 11.8 Å². The summed E-state index contributed by atoms with van der Waals surface area (Å²) in [7, 11) is 1.88. The van der Waals surface area contributed by atoms with Crippen LogP contribution in [0.2, 0.25) is 0 Å². The van der Waals surface area contributed by atoms with E-state index in [2.05, 4.69) is 34.4 Å². The SMILES string of the molecule is CNc1cc(NCC2CC2(C)C)nc(SC)n1. The van der Waals surface area contributed by atoms with Gasteiger partial charge in [0.25, 0.3) is 0 Å². The Bertz CT molecular complexity index is 383. The number of anilines is 2. The normalized spacial score (nSPS) is 21.1. The molecule has 1 aliphatic carbocycles. The lowest BCUT2D eigenvalue weighted by molar-refractivity contribution is 0.572. The fourth-order valence-electron chi connectivity index (χ4n) is 1.89. The molecule has 1 saturated carbocycles. The quantitative estimate of drug-likeness (QED) is 0.623. The smallest absolute Gasteiger partial charge is 0.191 e. The van der Waals surface area contributed by atoms with Gasteiger partial charge < -0.3 is 10.6 Å². The van der Waals surface area contributed by atoms with E-state index in [-0.39, 0.29) is 0 Å². The molecule has 1 fully saturated rings. The molecule has 5 heteroatoms. The zero-order valence-electron chi connectivity index (χ0n) is 10.9. The highest BCUT2D eigenvalue weighted by Crippen LogP contribution is 2.51. The summed E-state index contributed by atoms with van der Waals surface area (Å²) in [5.74, 6) is 2.55. The molecule has 0 spiro atoms. The summed E-state index contributed by atoms with van der Waals surface area (Å²) in [6, 6.07) is 1.95. The highest BCUT2D eigenvalue weighted by Gasteiger charge is 2.44. The van der Waals surface area contributed by atoms with E-state index in [1.807, 2.05) is 19.4 Å². The first-order valence-corrected chi connectivity index (χ1v) is 7.12. The van der Waals surface area contributed by atoms with Crippen molar-refractivity contribution in [3.8, 4) is 0 Å². The van der Waals surface area contributed by atoms with Crippen molar-refractivity contribution in [2.75, 3.05) is 30.5 Å². The maximum atomic E-state index is 4.45. The van der Waals surface area contributed by atoms with Crippen molar-refractivity contribution in [3.05, 3.63) is 6.07 Å². The van der Waals surface area contributed by atoms with Crippen LogP contribution < -0.4 is 10.6 Å². The van der Waals surface area contributed by atoms with Gasteiger partial charge in [0, 0.05) is 19.7 Å². The molecule has 0 amide bonds. The third kappa shape index (κ3) is 3.03. The molecule has 2 N–H and O–H groups in total. The number of nitrogens with one attached hydrogen (secondary N) is 2. The molecule has 0 aromatic carbocycles. The van der Waals surface area contributed by atoms with E-state index in [4.69, 9.17) is 0 Å². The number of thioether (sulfide) groups is 1. The van der Waals surface area contributed by atoms with Crippen LogP contribution >= 0.6 is 11.8 Å². The van der Waals surface area contributed by atoms with Crippen molar-refractivity contribution in [3.63, 3.8) is 0 Å². The van der Waals surface area contributed by atoms with E-state index in [0.29, 0.717) is 5.41 Å². The maximum absolute atomic E-state index is 4.45. The van der Waals surface area contributed by atoms with Gasteiger partial charge >= 0.3 is 0 Å². The summed E-state index contributed by atoms with van der Waals surface area (Å²) >= 11 is 1.56. The molecule has 1 atom stereocenters. The van der Waals surface area contributed by atoms with Gasteiger partial charge in [-0.05, 0) is 24.0 Å². The maximum Gasteiger partial charge on any atom is 0.191 e. The van der Waals surface area contributed by atoms with Crippen molar-refractivity contribution in [2.45, 2.75) is 25.4 Å². The molecule has 1 aromatic heterocycles. The summed E-state index contributed by atoms with van der Waals surface area (Å²) in [5.41, 5.74) is 0.508. The number of hydrogen-bond donors (Lipinski definition) is 2. The molecule has 1 unspecified atom stereocenters. The number of hydrogen-bond acceptors (Lipinski definition) is 5. The minimum atomic E-state index is 0.508. The predicted octanol–water partition coefficient (Wildman–Crippen LogP) is 2.70. The Morgan fingerprint density at radius 2 is 2.06 bits per heavy atom. The van der Waals surface area contributed by atoms with Gasteiger partial charge in [0.15, 0.2) is 5.16 Å². The van der Waals surface area contributed by atoms with E-state index in [1.165, 1.54) is 6.42 Å². The zero-order valence-corrected chi connectivity index (χ0v) is 11.7. The molecule has 1 aliphatic rings. The molecule has 1 heterocycles. The Hall–Kier alpha value is -0.970. The van der Waals surface area contributed by atoms with Crippen LogP contribution in [0.5, 0.6) is 0 Å². The Morgan fingerprint density at radius 1 is 1.41 bits per heavy atom. The largest absolute Gasteiger partial charge is 0.373 e. The van der Waals surface area contributed by atoms with E-state index >= 15 is 0 Å². The van der Waals surface area contributed by atoms with Gasteiger partial charge in [-0.3, -0.25) is 0 Å². The molecule has 17 heavy (non-hydrogen) atoms. The van der Waals surface area contributed by atoms with Crippen LogP contribution in [-0.2, 0) is 0 Å². The summed E-state index contributed by atoms with van der Waals surface area (Å²) in [4.78, 5) is 8.79. The van der Waals surface area contributed by atoms with Crippen LogP contribution in [0.15, 0.2) is 11.2 Å². The molecule has 94 valence electrons. The summed E-state index contributed by atoms with van der Waals surface area (Å²) < 4.78 is 0. The summed E-state index contributed by atoms with van der Waals surface area (Å²) in [6.45, 7) is 5.62. The van der Waals surface area contributed by atoms with Gasteiger partial charge in [-0.25, -0.2) is 9.97 Å². The molecule has 0 radical (unpaired) electrons. The van der Waals surface area contributed by atoms with Gasteiger partial charge in [0.1, 0.15) is 11.6 Å². The average molecular weight is 252 g/mol. The fraction of sp³-hybridized carbons (Fsp3) is 0.667.